The minimum Gasteiger partial charge on any atom is -0.488 e. The lowest BCUT2D eigenvalue weighted by Crippen LogP contribution is -1.92. The van der Waals surface area contributed by atoms with Gasteiger partial charge in [-0.15, -0.1) is 22.7 Å². The van der Waals surface area contributed by atoms with E-state index in [4.69, 9.17) is 9.84 Å². The van der Waals surface area contributed by atoms with Gasteiger partial charge in [-0.1, -0.05) is 0 Å². The highest BCUT2D eigenvalue weighted by Crippen LogP contribution is 2.27. The van der Waals surface area contributed by atoms with Gasteiger partial charge >= 0.3 is 5.97 Å². The Morgan fingerprint density at radius 2 is 2.15 bits per heavy atom. The summed E-state index contributed by atoms with van der Waals surface area (Å²) in [4.78, 5) is 16.4. The molecule has 0 aliphatic rings. The summed E-state index contributed by atoms with van der Waals surface area (Å²) in [6.07, 6.45) is 0. The molecule has 0 atom stereocenters. The van der Waals surface area contributed by atoms with E-state index in [0.29, 0.717) is 11.5 Å². The van der Waals surface area contributed by atoms with E-state index < -0.39 is 5.97 Å². The van der Waals surface area contributed by atoms with Crippen molar-refractivity contribution in [3.8, 4) is 5.75 Å². The molecule has 1 aromatic carbocycles. The molecule has 0 saturated heterocycles. The molecule has 2 aromatic heterocycles. The Kier molecular flexibility index (Phi) is 3.42. The summed E-state index contributed by atoms with van der Waals surface area (Å²) in [5.74, 6) is -0.130. The van der Waals surface area contributed by atoms with E-state index in [1.807, 2.05) is 25.1 Å². The first kappa shape index (κ1) is 13.1. The average Bonchev–Trinajstić information content (AvgIpc) is 3.00. The highest BCUT2D eigenvalue weighted by molar-refractivity contribution is 7.18. The molecule has 0 saturated carbocycles. The lowest BCUT2D eigenvalue weighted by Gasteiger charge is -2.03. The summed E-state index contributed by atoms with van der Waals surface area (Å²) >= 11 is 2.86. The Morgan fingerprint density at radius 3 is 2.90 bits per heavy atom. The maximum absolute atomic E-state index is 10.8. The molecular weight excluding hydrogens is 294 g/mol. The molecule has 20 heavy (non-hydrogen) atoms. The van der Waals surface area contributed by atoms with E-state index >= 15 is 0 Å². The first-order valence-electron chi connectivity index (χ1n) is 5.94. The number of carboxylic acids is 1. The molecule has 0 spiro atoms. The predicted molar refractivity (Wildman–Crippen MR) is 80.0 cm³/mol. The fourth-order valence-corrected chi connectivity index (χ4v) is 3.45. The van der Waals surface area contributed by atoms with Crippen molar-refractivity contribution in [2.75, 3.05) is 0 Å². The molecule has 0 radical (unpaired) electrons. The van der Waals surface area contributed by atoms with Crippen LogP contribution in [0.1, 0.15) is 19.6 Å². The van der Waals surface area contributed by atoms with Crippen LogP contribution in [-0.2, 0) is 6.61 Å². The Bertz CT molecular complexity index is 776. The van der Waals surface area contributed by atoms with Crippen LogP contribution in [-0.4, -0.2) is 16.1 Å². The van der Waals surface area contributed by atoms with Gasteiger partial charge in [-0.2, -0.15) is 0 Å². The monoisotopic (exact) mass is 305 g/mol. The number of fused-ring (bicyclic) bond motifs is 1. The number of aromatic nitrogens is 1. The van der Waals surface area contributed by atoms with Crippen LogP contribution in [0.4, 0.5) is 0 Å². The van der Waals surface area contributed by atoms with Crippen molar-refractivity contribution in [3.63, 3.8) is 0 Å². The molecule has 0 unspecified atom stereocenters. The number of hydrogen-bond donors (Lipinski definition) is 1. The number of nitrogens with zero attached hydrogens (tertiary/aromatic N) is 1. The van der Waals surface area contributed by atoms with Gasteiger partial charge in [-0.25, -0.2) is 9.78 Å². The van der Waals surface area contributed by atoms with Crippen molar-refractivity contribution < 1.29 is 14.6 Å². The van der Waals surface area contributed by atoms with Gasteiger partial charge in [-0.3, -0.25) is 0 Å². The molecule has 1 N–H and O–H groups in total. The molecule has 0 aliphatic heterocycles. The zero-order valence-corrected chi connectivity index (χ0v) is 12.3. The summed E-state index contributed by atoms with van der Waals surface area (Å²) in [5, 5.41) is 9.90. The second kappa shape index (κ2) is 5.22. The van der Waals surface area contributed by atoms with Crippen molar-refractivity contribution >= 4 is 38.9 Å². The van der Waals surface area contributed by atoms with E-state index in [1.54, 1.807) is 23.5 Å². The van der Waals surface area contributed by atoms with Gasteiger partial charge in [-0.05, 0) is 37.3 Å². The van der Waals surface area contributed by atoms with Crippen LogP contribution < -0.4 is 4.74 Å². The lowest BCUT2D eigenvalue weighted by atomic mass is 10.3. The number of rotatable bonds is 4. The third-order valence-electron chi connectivity index (χ3n) is 2.72. The van der Waals surface area contributed by atoms with E-state index in [0.717, 1.165) is 25.9 Å². The molecule has 102 valence electrons. The maximum atomic E-state index is 10.8. The molecule has 0 fully saturated rings. The summed E-state index contributed by atoms with van der Waals surface area (Å²) in [5.41, 5.74) is 0.976. The molecule has 0 aliphatic carbocycles. The van der Waals surface area contributed by atoms with Crippen LogP contribution in [0.15, 0.2) is 30.3 Å². The molecule has 0 bridgehead atoms. The number of thiophene rings is 1. The first-order chi connectivity index (χ1) is 9.61. The van der Waals surface area contributed by atoms with E-state index in [1.165, 1.54) is 11.3 Å². The van der Waals surface area contributed by atoms with Gasteiger partial charge < -0.3 is 9.84 Å². The zero-order chi connectivity index (χ0) is 14.1. The fourth-order valence-electron chi connectivity index (χ4n) is 1.83. The number of aromatic carboxylic acids is 1. The molecule has 0 amide bonds. The van der Waals surface area contributed by atoms with Crippen molar-refractivity contribution in [1.29, 1.82) is 0 Å². The molecule has 4 nitrogen and oxygen atoms in total. The lowest BCUT2D eigenvalue weighted by molar-refractivity contribution is 0.0702. The zero-order valence-electron chi connectivity index (χ0n) is 10.6. The minimum absolute atomic E-state index is 0.331. The summed E-state index contributed by atoms with van der Waals surface area (Å²) < 4.78 is 6.79. The quantitative estimate of drug-likeness (QED) is 0.793. The van der Waals surface area contributed by atoms with Crippen LogP contribution in [0.2, 0.25) is 0 Å². The molecule has 3 rings (SSSR count). The van der Waals surface area contributed by atoms with Gasteiger partial charge in [0.25, 0.3) is 0 Å². The van der Waals surface area contributed by atoms with Crippen molar-refractivity contribution in [2.24, 2.45) is 0 Å². The minimum atomic E-state index is -0.900. The van der Waals surface area contributed by atoms with Crippen LogP contribution in [0.25, 0.3) is 10.2 Å². The topological polar surface area (TPSA) is 59.4 Å². The highest BCUT2D eigenvalue weighted by Gasteiger charge is 2.08. The number of thiazole rings is 1. The number of carboxylic acid groups (broad SMARTS) is 1. The van der Waals surface area contributed by atoms with Crippen LogP contribution >= 0.6 is 22.7 Å². The fraction of sp³-hybridized carbons (Fsp3) is 0.143. The van der Waals surface area contributed by atoms with Gasteiger partial charge in [0.05, 0.1) is 15.2 Å². The molecular formula is C14H11NO3S2. The molecule has 3 aromatic rings. The SMILES string of the molecule is Cc1nc2ccc(OCc3ccc(C(=O)O)s3)cc2s1. The average molecular weight is 305 g/mol. The van der Waals surface area contributed by atoms with Gasteiger partial charge in [0.2, 0.25) is 0 Å². The Balaban J connectivity index is 1.73. The van der Waals surface area contributed by atoms with E-state index in [9.17, 15) is 4.79 Å². The molecule has 6 heteroatoms. The number of hydrogen-bond acceptors (Lipinski definition) is 5. The van der Waals surface area contributed by atoms with Crippen LogP contribution in [0, 0.1) is 6.92 Å². The van der Waals surface area contributed by atoms with Gasteiger partial charge in [0.1, 0.15) is 17.2 Å². The second-order valence-corrected chi connectivity index (χ2v) is 6.63. The summed E-state index contributed by atoms with van der Waals surface area (Å²) in [6, 6.07) is 9.16. The van der Waals surface area contributed by atoms with E-state index in [2.05, 4.69) is 4.98 Å². The normalized spacial score (nSPS) is 10.8. The number of ether oxygens (including phenoxy) is 1. The third-order valence-corrected chi connectivity index (χ3v) is 4.70. The van der Waals surface area contributed by atoms with E-state index in [-0.39, 0.29) is 0 Å². The second-order valence-electron chi connectivity index (χ2n) is 4.22. The number of carbonyl (C=O) groups is 1. The smallest absolute Gasteiger partial charge is 0.345 e. The van der Waals surface area contributed by atoms with Crippen molar-refractivity contribution in [2.45, 2.75) is 13.5 Å². The Hall–Kier alpha value is -1.92. The summed E-state index contributed by atoms with van der Waals surface area (Å²) in [7, 11) is 0. The van der Waals surface area contributed by atoms with Crippen LogP contribution in [0.3, 0.4) is 0 Å². The van der Waals surface area contributed by atoms with Gasteiger partial charge in [0, 0.05) is 4.88 Å². The maximum Gasteiger partial charge on any atom is 0.345 e. The Labute approximate surface area is 123 Å². The predicted octanol–water partition coefficient (Wildman–Crippen LogP) is 3.94. The standard InChI is InChI=1S/C14H11NO3S2/c1-8-15-11-4-2-9(6-13(11)19-8)18-7-10-3-5-12(20-10)14(16)17/h2-6H,7H2,1H3,(H,16,17). The Morgan fingerprint density at radius 1 is 1.30 bits per heavy atom. The third kappa shape index (κ3) is 2.66. The highest BCUT2D eigenvalue weighted by atomic mass is 32.1. The van der Waals surface area contributed by atoms with Crippen molar-refractivity contribution in [1.82, 2.24) is 4.98 Å². The first-order valence-corrected chi connectivity index (χ1v) is 7.57. The number of aryl methyl sites for hydroxylation is 1. The van der Waals surface area contributed by atoms with Crippen LogP contribution in [0.5, 0.6) is 5.75 Å². The van der Waals surface area contributed by atoms with Crippen molar-refractivity contribution in [3.05, 3.63) is 45.1 Å². The molecule has 2 heterocycles. The number of benzene rings is 1. The summed E-state index contributed by atoms with van der Waals surface area (Å²) in [6.45, 7) is 2.35. The largest absolute Gasteiger partial charge is 0.488 e. The van der Waals surface area contributed by atoms with Gasteiger partial charge in [0.15, 0.2) is 0 Å².